The average molecular weight is 524 g/mol. The van der Waals surface area contributed by atoms with Gasteiger partial charge in [-0.2, -0.15) is 31.4 Å². The van der Waals surface area contributed by atoms with Crippen LogP contribution in [0.1, 0.15) is 18.1 Å². The minimum Gasteiger partial charge on any atom is -0.378 e. The number of primary amides is 1. The van der Waals surface area contributed by atoms with Gasteiger partial charge in [0.1, 0.15) is 5.56 Å². The molecule has 1 fully saturated rings. The minimum absolute atomic E-state index is 0.0870. The number of nitrogens with zero attached hydrogens (tertiary/aromatic N) is 5. The number of H-pyrrole nitrogens is 1. The fourth-order valence-electron chi connectivity index (χ4n) is 3.49. The summed E-state index contributed by atoms with van der Waals surface area (Å²) in [5, 5.41) is 7.58. The number of ether oxygens (including phenoxy) is 1. The Labute approximate surface area is 199 Å². The van der Waals surface area contributed by atoms with Crippen molar-refractivity contribution in [3.8, 4) is 0 Å². The quantitative estimate of drug-likeness (QED) is 0.432. The number of carbonyl (C=O) groups is 1. The summed E-state index contributed by atoms with van der Waals surface area (Å²) in [5.41, 5.74) is 1.05. The van der Waals surface area contributed by atoms with Crippen LogP contribution < -0.4 is 21.5 Å². The molecule has 0 aromatic carbocycles. The van der Waals surface area contributed by atoms with Crippen molar-refractivity contribution in [2.24, 2.45) is 5.73 Å². The molecule has 2 atom stereocenters. The highest BCUT2D eigenvalue weighted by Crippen LogP contribution is 2.32. The molecule has 3 rings (SSSR count). The molecule has 11 nitrogen and oxygen atoms in total. The van der Waals surface area contributed by atoms with E-state index in [0.717, 1.165) is 6.20 Å². The molecule has 2 aromatic heterocycles. The number of hydrogen-bond acceptors (Lipinski definition) is 9. The Morgan fingerprint density at radius 1 is 1.11 bits per heavy atom. The lowest BCUT2D eigenvalue weighted by Crippen LogP contribution is -2.56. The van der Waals surface area contributed by atoms with Gasteiger partial charge in [-0.15, -0.1) is 0 Å². The van der Waals surface area contributed by atoms with Gasteiger partial charge in [0, 0.05) is 44.6 Å². The molecule has 4 N–H and O–H groups in total. The number of nitrogens with one attached hydrogen (secondary N) is 2. The molecular formula is C19H22F6N8O3. The number of amides is 1. The Hall–Kier alpha value is -3.47. The van der Waals surface area contributed by atoms with Gasteiger partial charge in [0.05, 0.1) is 24.1 Å². The highest BCUT2D eigenvalue weighted by atomic mass is 19.4. The normalized spacial score (nSPS) is 17.0. The number of aromatic amines is 1. The lowest BCUT2D eigenvalue weighted by atomic mass is 10.2. The molecule has 198 valence electrons. The first kappa shape index (κ1) is 27.1. The molecule has 17 heteroatoms. The first-order valence-corrected chi connectivity index (χ1v) is 10.5. The monoisotopic (exact) mass is 524 g/mol. The average Bonchev–Trinajstić information content (AvgIpc) is 2.78. The van der Waals surface area contributed by atoms with E-state index in [4.69, 9.17) is 10.5 Å². The lowest BCUT2D eigenvalue weighted by molar-refractivity contribution is -0.144. The van der Waals surface area contributed by atoms with Crippen LogP contribution in [0.5, 0.6) is 0 Å². The molecular weight excluding hydrogens is 502 g/mol. The van der Waals surface area contributed by atoms with Crippen molar-refractivity contribution in [2.45, 2.75) is 31.5 Å². The Bertz CT molecular complexity index is 1100. The van der Waals surface area contributed by atoms with Crippen molar-refractivity contribution in [3.05, 3.63) is 40.1 Å². The van der Waals surface area contributed by atoms with Gasteiger partial charge < -0.3 is 20.7 Å². The smallest absolute Gasteiger partial charge is 0.378 e. The van der Waals surface area contributed by atoms with Gasteiger partial charge in [-0.3, -0.25) is 14.5 Å². The Balaban J connectivity index is 1.58. The van der Waals surface area contributed by atoms with Gasteiger partial charge in [-0.25, -0.2) is 15.1 Å². The van der Waals surface area contributed by atoms with E-state index < -0.39 is 52.9 Å². The zero-order valence-corrected chi connectivity index (χ0v) is 18.7. The van der Waals surface area contributed by atoms with Crippen LogP contribution >= 0.6 is 0 Å². The van der Waals surface area contributed by atoms with E-state index >= 15 is 0 Å². The van der Waals surface area contributed by atoms with Crippen molar-refractivity contribution in [1.29, 1.82) is 0 Å². The van der Waals surface area contributed by atoms with Crippen LogP contribution in [0.25, 0.3) is 0 Å². The molecule has 0 spiro atoms. The van der Waals surface area contributed by atoms with E-state index in [-0.39, 0.29) is 38.7 Å². The third kappa shape index (κ3) is 6.60. The molecule has 0 radical (unpaired) electrons. The van der Waals surface area contributed by atoms with E-state index in [2.05, 4.69) is 20.4 Å². The van der Waals surface area contributed by atoms with E-state index in [1.807, 2.05) is 0 Å². The molecule has 2 aromatic rings. The van der Waals surface area contributed by atoms with Crippen LogP contribution in [0.15, 0.2) is 23.4 Å². The molecule has 36 heavy (non-hydrogen) atoms. The second-order valence-corrected chi connectivity index (χ2v) is 7.91. The molecule has 1 unspecified atom stereocenters. The van der Waals surface area contributed by atoms with Crippen molar-refractivity contribution < 1.29 is 35.9 Å². The van der Waals surface area contributed by atoms with Crippen molar-refractivity contribution in [3.63, 3.8) is 0 Å². The van der Waals surface area contributed by atoms with Crippen LogP contribution in [-0.2, 0) is 21.9 Å². The maximum absolute atomic E-state index is 13.2. The second kappa shape index (κ2) is 10.7. The van der Waals surface area contributed by atoms with Crippen molar-refractivity contribution in [2.75, 3.05) is 43.0 Å². The number of carbonyl (C=O) groups excluding carboxylic acids is 1. The summed E-state index contributed by atoms with van der Waals surface area (Å²) in [4.78, 5) is 34.2. The first-order valence-electron chi connectivity index (χ1n) is 10.5. The maximum atomic E-state index is 13.2. The topological polar surface area (TPSA) is 142 Å². The molecule has 0 aliphatic carbocycles. The third-order valence-corrected chi connectivity index (χ3v) is 5.18. The number of piperazine rings is 1. The Morgan fingerprint density at radius 3 is 2.25 bits per heavy atom. The number of anilines is 2. The van der Waals surface area contributed by atoms with Gasteiger partial charge in [0.15, 0.2) is 6.23 Å². The number of nitrogens with two attached hydrogens (primary N) is 1. The van der Waals surface area contributed by atoms with Crippen LogP contribution in [0.2, 0.25) is 0 Å². The summed E-state index contributed by atoms with van der Waals surface area (Å²) >= 11 is 0. The molecule has 1 aliphatic heterocycles. The van der Waals surface area contributed by atoms with E-state index in [1.54, 1.807) is 14.9 Å². The number of alkyl halides is 6. The lowest BCUT2D eigenvalue weighted by Gasteiger charge is -2.38. The number of rotatable bonds is 8. The second-order valence-electron chi connectivity index (χ2n) is 7.91. The van der Waals surface area contributed by atoms with Gasteiger partial charge >= 0.3 is 12.4 Å². The zero-order valence-electron chi connectivity index (χ0n) is 18.7. The standard InChI is InChI=1S/C19H22F6N8O3/c1-10(30-12-8-29-31-15(35)13(12)19(23,24)25)9-36-16(14(26)34)32-2-4-33(5-3-32)17-27-6-11(7-28-17)18(20,21)22/h6-8,10,16H,2-5,9H2,1H3,(H2,26,34)(H2,30,31,35)/t10-,16?/m0/s1. The summed E-state index contributed by atoms with van der Waals surface area (Å²) in [5.74, 6) is -0.751. The largest absolute Gasteiger partial charge is 0.423 e. The molecule has 3 heterocycles. The number of hydrogen-bond donors (Lipinski definition) is 3. The SMILES string of the molecule is C[C@@H](COC(C(N)=O)N1CCN(c2ncc(C(F)(F)F)cn2)CC1)Nc1cn[nH]c(=O)c1C(F)(F)F. The Kier molecular flexibility index (Phi) is 8.02. The van der Waals surface area contributed by atoms with Gasteiger partial charge in [0.2, 0.25) is 5.95 Å². The van der Waals surface area contributed by atoms with Crippen LogP contribution in [0.3, 0.4) is 0 Å². The third-order valence-electron chi connectivity index (χ3n) is 5.18. The first-order chi connectivity index (χ1) is 16.8. The number of halogens is 6. The fraction of sp³-hybridized carbons (Fsp3) is 0.526. The van der Waals surface area contributed by atoms with Crippen LogP contribution in [0, 0.1) is 0 Å². The van der Waals surface area contributed by atoms with E-state index in [9.17, 15) is 35.9 Å². The van der Waals surface area contributed by atoms with E-state index in [0.29, 0.717) is 12.4 Å². The number of aromatic nitrogens is 4. The maximum Gasteiger partial charge on any atom is 0.423 e. The van der Waals surface area contributed by atoms with Crippen molar-refractivity contribution >= 4 is 17.5 Å². The highest BCUT2D eigenvalue weighted by molar-refractivity contribution is 5.78. The summed E-state index contributed by atoms with van der Waals surface area (Å²) in [6, 6.07) is -0.779. The summed E-state index contributed by atoms with van der Waals surface area (Å²) in [6.07, 6.45) is -8.53. The predicted octanol–water partition coefficient (Wildman–Crippen LogP) is 1.05. The van der Waals surface area contributed by atoms with Crippen molar-refractivity contribution in [1.82, 2.24) is 25.1 Å². The van der Waals surface area contributed by atoms with Crippen LogP contribution in [-0.4, -0.2) is 76.0 Å². The van der Waals surface area contributed by atoms with E-state index in [1.165, 1.54) is 6.92 Å². The highest BCUT2D eigenvalue weighted by Gasteiger charge is 2.38. The van der Waals surface area contributed by atoms with Gasteiger partial charge in [-0.05, 0) is 6.92 Å². The minimum atomic E-state index is -4.92. The fourth-order valence-corrected chi connectivity index (χ4v) is 3.49. The summed E-state index contributed by atoms with van der Waals surface area (Å²) < 4.78 is 83.2. The summed E-state index contributed by atoms with van der Waals surface area (Å²) in [6.45, 7) is 2.16. The van der Waals surface area contributed by atoms with Crippen LogP contribution in [0.4, 0.5) is 38.0 Å². The predicted molar refractivity (Wildman–Crippen MR) is 113 cm³/mol. The zero-order chi connectivity index (χ0) is 26.7. The van der Waals surface area contributed by atoms with Gasteiger partial charge in [0.25, 0.3) is 11.5 Å². The molecule has 0 bridgehead atoms. The molecule has 1 amide bonds. The molecule has 0 saturated carbocycles. The molecule has 1 saturated heterocycles. The molecule has 1 aliphatic rings. The Morgan fingerprint density at radius 2 is 1.72 bits per heavy atom. The van der Waals surface area contributed by atoms with Gasteiger partial charge in [-0.1, -0.05) is 0 Å². The summed E-state index contributed by atoms with van der Waals surface area (Å²) in [7, 11) is 0.